The maximum Gasteiger partial charge on any atom is 0.422 e. The number of nitrogens with one attached hydrogen (secondary N) is 2. The van der Waals surface area contributed by atoms with Gasteiger partial charge in [-0.25, -0.2) is 9.78 Å². The summed E-state index contributed by atoms with van der Waals surface area (Å²) >= 11 is 1.59. The van der Waals surface area contributed by atoms with Gasteiger partial charge in [-0.3, -0.25) is 0 Å². The van der Waals surface area contributed by atoms with Crippen molar-refractivity contribution in [3.05, 3.63) is 23.9 Å². The summed E-state index contributed by atoms with van der Waals surface area (Å²) in [7, 11) is 0. The molecule has 0 spiro atoms. The smallest absolute Gasteiger partial charge is 0.422 e. The van der Waals surface area contributed by atoms with E-state index in [1.54, 1.807) is 17.8 Å². The number of hydrogen-bond acceptors (Lipinski definition) is 4. The van der Waals surface area contributed by atoms with Gasteiger partial charge < -0.3 is 15.4 Å². The van der Waals surface area contributed by atoms with Crippen molar-refractivity contribution in [3.63, 3.8) is 0 Å². The quantitative estimate of drug-likeness (QED) is 0.772. The fraction of sp³-hybridized carbons (Fsp3) is 0.571. The number of rotatable bonds is 6. The topological polar surface area (TPSA) is 63.2 Å². The first-order valence-corrected chi connectivity index (χ1v) is 7.84. The van der Waals surface area contributed by atoms with E-state index < -0.39 is 12.8 Å². The van der Waals surface area contributed by atoms with Crippen LogP contribution in [-0.2, 0) is 6.54 Å². The second-order valence-electron chi connectivity index (χ2n) is 5.67. The Bertz CT molecular complexity index is 519. The summed E-state index contributed by atoms with van der Waals surface area (Å²) in [6, 6.07) is 2.59. The molecule has 0 atom stereocenters. The van der Waals surface area contributed by atoms with Crippen LogP contribution in [0.4, 0.5) is 18.0 Å². The molecule has 1 aromatic rings. The van der Waals surface area contributed by atoms with Crippen LogP contribution in [0.25, 0.3) is 0 Å². The lowest BCUT2D eigenvalue weighted by Crippen LogP contribution is -2.35. The van der Waals surface area contributed by atoms with Crippen molar-refractivity contribution in [1.29, 1.82) is 0 Å². The molecular formula is C14H20F3N3O2S. The third-order valence-electron chi connectivity index (χ3n) is 2.37. The number of pyridine rings is 1. The molecule has 5 nitrogen and oxygen atoms in total. The Labute approximate surface area is 137 Å². The number of urea groups is 1. The highest BCUT2D eigenvalue weighted by molar-refractivity contribution is 8.00. The van der Waals surface area contributed by atoms with Gasteiger partial charge in [0.15, 0.2) is 6.61 Å². The molecule has 0 aliphatic rings. The largest absolute Gasteiger partial charge is 0.468 e. The number of halogens is 3. The van der Waals surface area contributed by atoms with Crippen molar-refractivity contribution in [2.24, 2.45) is 0 Å². The number of amides is 2. The molecular weight excluding hydrogens is 331 g/mol. The van der Waals surface area contributed by atoms with Crippen LogP contribution in [0.2, 0.25) is 0 Å². The molecule has 1 heterocycles. The second-order valence-corrected chi connectivity index (χ2v) is 7.47. The molecule has 0 aromatic carbocycles. The standard InChI is InChI=1S/C14H20F3N3O2S/c1-13(2,3)23-9-20-12(21)19-7-10-4-5-18-11(6-10)22-8-14(15,16)17/h4-6H,7-9H2,1-3H3,(H2,19,20,21). The Morgan fingerprint density at radius 1 is 1.30 bits per heavy atom. The van der Waals surface area contributed by atoms with Gasteiger partial charge in [0.25, 0.3) is 0 Å². The molecule has 23 heavy (non-hydrogen) atoms. The molecule has 0 aliphatic carbocycles. The fourth-order valence-electron chi connectivity index (χ4n) is 1.36. The number of hydrogen-bond donors (Lipinski definition) is 2. The predicted molar refractivity (Wildman–Crippen MR) is 83.4 cm³/mol. The van der Waals surface area contributed by atoms with Crippen LogP contribution >= 0.6 is 11.8 Å². The minimum Gasteiger partial charge on any atom is -0.468 e. The first-order valence-electron chi connectivity index (χ1n) is 6.85. The molecule has 2 N–H and O–H groups in total. The van der Waals surface area contributed by atoms with E-state index in [9.17, 15) is 18.0 Å². The lowest BCUT2D eigenvalue weighted by molar-refractivity contribution is -0.154. The van der Waals surface area contributed by atoms with E-state index >= 15 is 0 Å². The SMILES string of the molecule is CC(C)(C)SCNC(=O)NCc1ccnc(OCC(F)(F)F)c1. The zero-order chi connectivity index (χ0) is 17.5. The summed E-state index contributed by atoms with van der Waals surface area (Å²) < 4.78 is 40.8. The predicted octanol–water partition coefficient (Wildman–Crippen LogP) is 3.31. The molecule has 0 aliphatic heterocycles. The minimum absolute atomic E-state index is 0.0447. The summed E-state index contributed by atoms with van der Waals surface area (Å²) in [5.41, 5.74) is 0.593. The van der Waals surface area contributed by atoms with Crippen LogP contribution in [0, 0.1) is 0 Å². The van der Waals surface area contributed by atoms with E-state index in [1.807, 2.05) is 20.8 Å². The second kappa shape index (κ2) is 8.28. The van der Waals surface area contributed by atoms with Gasteiger partial charge in [-0.1, -0.05) is 20.8 Å². The highest BCUT2D eigenvalue weighted by atomic mass is 32.2. The zero-order valence-electron chi connectivity index (χ0n) is 13.2. The lowest BCUT2D eigenvalue weighted by atomic mass is 10.2. The Kier molecular flexibility index (Phi) is 6.99. The molecule has 0 saturated carbocycles. The molecule has 0 saturated heterocycles. The number of carbonyl (C=O) groups is 1. The van der Waals surface area contributed by atoms with E-state index in [0.717, 1.165) is 0 Å². The van der Waals surface area contributed by atoms with Crippen LogP contribution in [0.3, 0.4) is 0 Å². The number of aromatic nitrogens is 1. The summed E-state index contributed by atoms with van der Waals surface area (Å²) in [4.78, 5) is 15.3. The van der Waals surface area contributed by atoms with Gasteiger partial charge in [-0.2, -0.15) is 13.2 Å². The molecule has 1 rings (SSSR count). The van der Waals surface area contributed by atoms with E-state index in [4.69, 9.17) is 0 Å². The summed E-state index contributed by atoms with van der Waals surface area (Å²) in [6.45, 7) is 4.88. The summed E-state index contributed by atoms with van der Waals surface area (Å²) in [5, 5.41) is 5.30. The molecule has 0 radical (unpaired) electrons. The number of carbonyl (C=O) groups excluding carboxylic acids is 1. The van der Waals surface area contributed by atoms with Crippen molar-refractivity contribution in [1.82, 2.24) is 15.6 Å². The fourth-order valence-corrected chi connectivity index (χ4v) is 1.99. The Morgan fingerprint density at radius 2 is 2.00 bits per heavy atom. The van der Waals surface area contributed by atoms with Gasteiger partial charge in [0.05, 0.1) is 5.88 Å². The maximum atomic E-state index is 12.1. The monoisotopic (exact) mass is 351 g/mol. The molecule has 1 aromatic heterocycles. The van der Waals surface area contributed by atoms with Crippen molar-refractivity contribution in [3.8, 4) is 5.88 Å². The van der Waals surface area contributed by atoms with Gasteiger partial charge in [0, 0.05) is 23.6 Å². The molecule has 0 bridgehead atoms. The number of ether oxygens (including phenoxy) is 1. The highest BCUT2D eigenvalue weighted by Gasteiger charge is 2.28. The minimum atomic E-state index is -4.42. The van der Waals surface area contributed by atoms with Gasteiger partial charge in [0.2, 0.25) is 5.88 Å². The third kappa shape index (κ3) is 9.88. The number of thioether (sulfide) groups is 1. The molecule has 9 heteroatoms. The summed E-state index contributed by atoms with van der Waals surface area (Å²) in [5.74, 6) is 0.330. The normalized spacial score (nSPS) is 11.9. The molecule has 0 unspecified atom stereocenters. The van der Waals surface area contributed by atoms with Gasteiger partial charge in [-0.15, -0.1) is 11.8 Å². The maximum absolute atomic E-state index is 12.1. The molecule has 0 fully saturated rings. The van der Waals surface area contributed by atoms with E-state index in [0.29, 0.717) is 11.4 Å². The number of alkyl halides is 3. The summed E-state index contributed by atoms with van der Waals surface area (Å²) in [6.07, 6.45) is -3.09. The lowest BCUT2D eigenvalue weighted by Gasteiger charge is -2.17. The third-order valence-corrected chi connectivity index (χ3v) is 3.53. The molecule has 130 valence electrons. The van der Waals surface area contributed by atoms with Crippen LogP contribution in [-0.4, -0.2) is 34.4 Å². The van der Waals surface area contributed by atoms with Gasteiger partial charge >= 0.3 is 12.2 Å². The van der Waals surface area contributed by atoms with Crippen LogP contribution in [0.15, 0.2) is 18.3 Å². The Hall–Kier alpha value is -1.64. The van der Waals surface area contributed by atoms with Gasteiger partial charge in [-0.05, 0) is 11.6 Å². The number of nitrogens with zero attached hydrogens (tertiary/aromatic N) is 1. The van der Waals surface area contributed by atoms with E-state index in [-0.39, 0.29) is 23.2 Å². The van der Waals surface area contributed by atoms with Crippen molar-refractivity contribution in [2.45, 2.75) is 38.2 Å². The van der Waals surface area contributed by atoms with Crippen molar-refractivity contribution >= 4 is 17.8 Å². The van der Waals surface area contributed by atoms with E-state index in [1.165, 1.54) is 12.3 Å². The van der Waals surface area contributed by atoms with Crippen LogP contribution in [0.5, 0.6) is 5.88 Å². The van der Waals surface area contributed by atoms with Crippen molar-refractivity contribution < 1.29 is 22.7 Å². The Balaban J connectivity index is 2.38. The molecule has 2 amide bonds. The first kappa shape index (κ1) is 19.4. The zero-order valence-corrected chi connectivity index (χ0v) is 14.0. The first-order chi connectivity index (χ1) is 10.6. The highest BCUT2D eigenvalue weighted by Crippen LogP contribution is 2.21. The average molecular weight is 351 g/mol. The Morgan fingerprint density at radius 3 is 2.61 bits per heavy atom. The van der Waals surface area contributed by atoms with Crippen LogP contribution in [0.1, 0.15) is 26.3 Å². The van der Waals surface area contributed by atoms with E-state index in [2.05, 4.69) is 20.4 Å². The van der Waals surface area contributed by atoms with Gasteiger partial charge in [0.1, 0.15) is 0 Å². The van der Waals surface area contributed by atoms with Crippen molar-refractivity contribution in [2.75, 3.05) is 12.5 Å². The average Bonchev–Trinajstić information content (AvgIpc) is 2.41. The van der Waals surface area contributed by atoms with Crippen LogP contribution < -0.4 is 15.4 Å².